The number of nitrogens with one attached hydrogen (secondary N) is 1. The van der Waals surface area contributed by atoms with E-state index >= 15 is 0 Å². The molecule has 1 saturated heterocycles. The standard InChI is InChI=1S/C22H26N4O4/c1-12(15-10-20(27)23-11-15)30-19-9-14(8-17-21(19)26(3)13(2)24-17)16-6-7-18(28-4)22(25-16)29-5/h6-9,12,15H,10-11H2,1-5H3,(H,23,27)/t12-,15-/m1/s1. The quantitative estimate of drug-likeness (QED) is 0.672. The number of fused-ring (bicyclic) bond motifs is 1. The number of carbonyl (C=O) groups is 1. The molecule has 0 unspecified atom stereocenters. The zero-order chi connectivity index (χ0) is 21.4. The van der Waals surface area contributed by atoms with Crippen LogP contribution >= 0.6 is 0 Å². The van der Waals surface area contributed by atoms with Crippen molar-refractivity contribution in [2.45, 2.75) is 26.4 Å². The van der Waals surface area contributed by atoms with E-state index in [2.05, 4.69) is 15.3 Å². The van der Waals surface area contributed by atoms with E-state index < -0.39 is 0 Å². The summed E-state index contributed by atoms with van der Waals surface area (Å²) in [6.45, 7) is 4.59. The number of hydrogen-bond donors (Lipinski definition) is 1. The first kappa shape index (κ1) is 20.0. The minimum Gasteiger partial charge on any atom is -0.491 e. The molecule has 4 rings (SSSR count). The lowest BCUT2D eigenvalue weighted by Crippen LogP contribution is -2.25. The molecular weight excluding hydrogens is 384 g/mol. The van der Waals surface area contributed by atoms with Crippen molar-refractivity contribution in [2.24, 2.45) is 13.0 Å². The average Bonchev–Trinajstić information content (AvgIpc) is 3.30. The highest BCUT2D eigenvalue weighted by Gasteiger charge is 2.29. The maximum Gasteiger partial charge on any atom is 0.257 e. The summed E-state index contributed by atoms with van der Waals surface area (Å²) in [5.41, 5.74) is 3.34. The number of hydrogen-bond acceptors (Lipinski definition) is 6. The number of nitrogens with zero attached hydrogens (tertiary/aromatic N) is 3. The molecule has 1 amide bonds. The van der Waals surface area contributed by atoms with Gasteiger partial charge in [-0.3, -0.25) is 4.79 Å². The van der Waals surface area contributed by atoms with E-state index in [9.17, 15) is 4.79 Å². The van der Waals surface area contributed by atoms with Crippen LogP contribution in [-0.4, -0.2) is 47.3 Å². The van der Waals surface area contributed by atoms with Gasteiger partial charge in [-0.25, -0.2) is 9.97 Å². The first-order valence-corrected chi connectivity index (χ1v) is 9.91. The summed E-state index contributed by atoms with van der Waals surface area (Å²) < 4.78 is 19.0. The highest BCUT2D eigenvalue weighted by atomic mass is 16.5. The summed E-state index contributed by atoms with van der Waals surface area (Å²) in [5.74, 6) is 2.79. The molecule has 0 radical (unpaired) electrons. The van der Waals surface area contributed by atoms with E-state index in [1.54, 1.807) is 14.2 Å². The highest BCUT2D eigenvalue weighted by Crippen LogP contribution is 2.35. The van der Waals surface area contributed by atoms with Gasteiger partial charge in [0.2, 0.25) is 5.91 Å². The van der Waals surface area contributed by atoms with Crippen LogP contribution in [0.15, 0.2) is 24.3 Å². The number of methoxy groups -OCH3 is 2. The molecule has 1 aromatic carbocycles. The van der Waals surface area contributed by atoms with E-state index in [0.29, 0.717) is 30.3 Å². The van der Waals surface area contributed by atoms with Crippen LogP contribution in [0.3, 0.4) is 0 Å². The van der Waals surface area contributed by atoms with Crippen molar-refractivity contribution < 1.29 is 19.0 Å². The Morgan fingerprint density at radius 3 is 2.63 bits per heavy atom. The van der Waals surface area contributed by atoms with Gasteiger partial charge in [0.1, 0.15) is 23.2 Å². The summed E-state index contributed by atoms with van der Waals surface area (Å²) in [7, 11) is 5.11. The second kappa shape index (κ2) is 7.85. The molecule has 0 bridgehead atoms. The molecule has 30 heavy (non-hydrogen) atoms. The number of aryl methyl sites for hydroxylation is 2. The Hall–Kier alpha value is -3.29. The molecule has 1 aliphatic rings. The van der Waals surface area contributed by atoms with Crippen LogP contribution in [0.4, 0.5) is 0 Å². The van der Waals surface area contributed by atoms with Gasteiger partial charge in [-0.2, -0.15) is 0 Å². The molecule has 0 saturated carbocycles. The number of aromatic nitrogens is 3. The third-order valence-corrected chi connectivity index (χ3v) is 5.68. The van der Waals surface area contributed by atoms with Crippen molar-refractivity contribution in [1.82, 2.24) is 19.9 Å². The second-order valence-electron chi connectivity index (χ2n) is 7.56. The van der Waals surface area contributed by atoms with E-state index in [0.717, 1.165) is 28.1 Å². The van der Waals surface area contributed by atoms with Crippen molar-refractivity contribution in [3.05, 3.63) is 30.1 Å². The molecule has 1 fully saturated rings. The molecule has 158 valence electrons. The molecule has 3 heterocycles. The van der Waals surface area contributed by atoms with Gasteiger partial charge in [0.15, 0.2) is 5.75 Å². The Bertz CT molecular complexity index is 1110. The zero-order valence-electron chi connectivity index (χ0n) is 17.9. The summed E-state index contributed by atoms with van der Waals surface area (Å²) in [6.07, 6.45) is 0.349. The van der Waals surface area contributed by atoms with Crippen LogP contribution in [0, 0.1) is 12.8 Å². The predicted molar refractivity (Wildman–Crippen MR) is 113 cm³/mol. The third kappa shape index (κ3) is 3.53. The van der Waals surface area contributed by atoms with Crippen molar-refractivity contribution >= 4 is 16.9 Å². The van der Waals surface area contributed by atoms with E-state index in [-0.39, 0.29) is 17.9 Å². The normalized spacial score (nSPS) is 17.1. The Kier molecular flexibility index (Phi) is 5.24. The maximum absolute atomic E-state index is 11.6. The summed E-state index contributed by atoms with van der Waals surface area (Å²) in [6, 6.07) is 7.67. The number of imidazole rings is 1. The van der Waals surface area contributed by atoms with Crippen molar-refractivity contribution in [3.8, 4) is 28.6 Å². The van der Waals surface area contributed by atoms with Crippen molar-refractivity contribution in [2.75, 3.05) is 20.8 Å². The molecule has 8 heteroatoms. The lowest BCUT2D eigenvalue weighted by Gasteiger charge is -2.21. The first-order valence-electron chi connectivity index (χ1n) is 9.91. The lowest BCUT2D eigenvalue weighted by molar-refractivity contribution is -0.119. The summed E-state index contributed by atoms with van der Waals surface area (Å²) >= 11 is 0. The fourth-order valence-electron chi connectivity index (χ4n) is 3.81. The van der Waals surface area contributed by atoms with Gasteiger partial charge in [0, 0.05) is 31.5 Å². The highest BCUT2D eigenvalue weighted by molar-refractivity contribution is 5.88. The van der Waals surface area contributed by atoms with Gasteiger partial charge < -0.3 is 24.1 Å². The van der Waals surface area contributed by atoms with Gasteiger partial charge in [0.25, 0.3) is 5.88 Å². The Morgan fingerprint density at radius 1 is 1.17 bits per heavy atom. The minimum absolute atomic E-state index is 0.0697. The molecule has 1 N–H and O–H groups in total. The average molecular weight is 410 g/mol. The van der Waals surface area contributed by atoms with Crippen LogP contribution in [0.1, 0.15) is 19.2 Å². The topological polar surface area (TPSA) is 87.5 Å². The minimum atomic E-state index is -0.129. The number of rotatable bonds is 6. The lowest BCUT2D eigenvalue weighted by atomic mass is 10.0. The maximum atomic E-state index is 11.6. The largest absolute Gasteiger partial charge is 0.491 e. The number of amides is 1. The number of carbonyl (C=O) groups excluding carboxylic acids is 1. The third-order valence-electron chi connectivity index (χ3n) is 5.68. The van der Waals surface area contributed by atoms with Gasteiger partial charge in [-0.05, 0) is 38.1 Å². The van der Waals surface area contributed by atoms with E-state index in [1.165, 1.54) is 0 Å². The Morgan fingerprint density at radius 2 is 1.97 bits per heavy atom. The smallest absolute Gasteiger partial charge is 0.257 e. The zero-order valence-corrected chi connectivity index (χ0v) is 17.9. The first-order chi connectivity index (χ1) is 14.4. The Labute approximate surface area is 175 Å². The Balaban J connectivity index is 1.78. The molecule has 0 spiro atoms. The predicted octanol–water partition coefficient (Wildman–Crippen LogP) is 2.86. The molecule has 0 aliphatic carbocycles. The fourth-order valence-corrected chi connectivity index (χ4v) is 3.81. The van der Waals surface area contributed by atoms with Crippen molar-refractivity contribution in [3.63, 3.8) is 0 Å². The fraction of sp³-hybridized carbons (Fsp3) is 0.409. The SMILES string of the molecule is COc1ccc(-c2cc(O[C@H](C)[C@H]3CNC(=O)C3)c3c(c2)nc(C)n3C)nc1OC. The molecule has 2 atom stereocenters. The molecule has 1 aliphatic heterocycles. The van der Waals surface area contributed by atoms with Crippen molar-refractivity contribution in [1.29, 1.82) is 0 Å². The van der Waals surface area contributed by atoms with Crippen LogP contribution in [0.2, 0.25) is 0 Å². The molecular formula is C22H26N4O4. The summed E-state index contributed by atoms with van der Waals surface area (Å²) in [5, 5.41) is 2.88. The van der Waals surface area contributed by atoms with Gasteiger partial charge in [-0.15, -0.1) is 0 Å². The number of ether oxygens (including phenoxy) is 3. The van der Waals surface area contributed by atoms with Crippen LogP contribution < -0.4 is 19.5 Å². The monoisotopic (exact) mass is 410 g/mol. The molecule has 2 aromatic heterocycles. The van der Waals surface area contributed by atoms with Crippen LogP contribution in [0.5, 0.6) is 17.4 Å². The number of pyridine rings is 1. The van der Waals surface area contributed by atoms with E-state index in [4.69, 9.17) is 14.2 Å². The van der Waals surface area contributed by atoms with Gasteiger partial charge in [0.05, 0.1) is 25.4 Å². The van der Waals surface area contributed by atoms with Crippen LogP contribution in [0.25, 0.3) is 22.3 Å². The summed E-state index contributed by atoms with van der Waals surface area (Å²) in [4.78, 5) is 20.9. The number of benzene rings is 1. The molecule has 3 aromatic rings. The second-order valence-corrected chi connectivity index (χ2v) is 7.56. The van der Waals surface area contributed by atoms with Gasteiger partial charge in [-0.1, -0.05) is 0 Å². The van der Waals surface area contributed by atoms with E-state index in [1.807, 2.05) is 49.7 Å². The van der Waals surface area contributed by atoms with Crippen LogP contribution in [-0.2, 0) is 11.8 Å². The molecule has 8 nitrogen and oxygen atoms in total. The van der Waals surface area contributed by atoms with Gasteiger partial charge >= 0.3 is 0 Å².